The highest BCUT2D eigenvalue weighted by atomic mass is 16.7. The highest BCUT2D eigenvalue weighted by molar-refractivity contribution is 5.83. The van der Waals surface area contributed by atoms with Gasteiger partial charge < -0.3 is 9.47 Å². The Morgan fingerprint density at radius 1 is 1.30 bits per heavy atom. The largest absolute Gasteiger partial charge is 0.379 e. The van der Waals surface area contributed by atoms with Crippen LogP contribution in [0.5, 0.6) is 0 Å². The SMILES string of the molecule is CON(C)C(=O)[C@@H]1O[C@@]1(C)CCCC(C)CCCC(C)(C)OC. The van der Waals surface area contributed by atoms with Gasteiger partial charge in [-0.05, 0) is 39.5 Å². The normalized spacial score (nSPS) is 25.3. The summed E-state index contributed by atoms with van der Waals surface area (Å²) < 4.78 is 11.1. The molecule has 0 aromatic rings. The fraction of sp³-hybridized carbons (Fsp3) is 0.944. The van der Waals surface area contributed by atoms with E-state index in [-0.39, 0.29) is 23.2 Å². The molecule has 1 aliphatic heterocycles. The minimum Gasteiger partial charge on any atom is -0.379 e. The Morgan fingerprint density at radius 2 is 1.91 bits per heavy atom. The molecule has 1 rings (SSSR count). The Morgan fingerprint density at radius 3 is 2.48 bits per heavy atom. The number of ether oxygens (including phenoxy) is 2. The summed E-state index contributed by atoms with van der Waals surface area (Å²) in [5, 5.41) is 1.25. The van der Waals surface area contributed by atoms with Crippen LogP contribution in [0.2, 0.25) is 0 Å². The molecule has 1 amide bonds. The summed E-state index contributed by atoms with van der Waals surface area (Å²) in [6.07, 6.45) is 6.35. The molecular formula is C18H35NO4. The zero-order valence-electron chi connectivity index (χ0n) is 16.0. The van der Waals surface area contributed by atoms with E-state index in [1.807, 2.05) is 6.92 Å². The molecule has 1 saturated heterocycles. The number of hydrogen-bond donors (Lipinski definition) is 0. The summed E-state index contributed by atoms with van der Waals surface area (Å²) in [5.41, 5.74) is -0.322. The van der Waals surface area contributed by atoms with E-state index in [9.17, 15) is 4.79 Å². The topological polar surface area (TPSA) is 51.3 Å². The molecule has 3 atom stereocenters. The lowest BCUT2D eigenvalue weighted by Gasteiger charge is -2.23. The first-order valence-corrected chi connectivity index (χ1v) is 8.70. The zero-order valence-corrected chi connectivity index (χ0v) is 16.0. The van der Waals surface area contributed by atoms with E-state index in [0.29, 0.717) is 5.92 Å². The Bertz CT molecular complexity index is 385. The van der Waals surface area contributed by atoms with Gasteiger partial charge in [-0.1, -0.05) is 32.6 Å². The highest BCUT2D eigenvalue weighted by Crippen LogP contribution is 2.42. The summed E-state index contributed by atoms with van der Waals surface area (Å²) in [7, 11) is 4.89. The van der Waals surface area contributed by atoms with Crippen molar-refractivity contribution < 1.29 is 19.1 Å². The van der Waals surface area contributed by atoms with Gasteiger partial charge in [-0.15, -0.1) is 0 Å². The lowest BCUT2D eigenvalue weighted by Crippen LogP contribution is -2.32. The lowest BCUT2D eigenvalue weighted by molar-refractivity contribution is -0.170. The predicted molar refractivity (Wildman–Crippen MR) is 91.0 cm³/mol. The van der Waals surface area contributed by atoms with E-state index >= 15 is 0 Å². The summed E-state index contributed by atoms with van der Waals surface area (Å²) in [6.45, 7) is 8.59. The van der Waals surface area contributed by atoms with Crippen LogP contribution in [0.15, 0.2) is 0 Å². The number of carbonyl (C=O) groups excluding carboxylic acids is 1. The fourth-order valence-corrected chi connectivity index (χ4v) is 2.92. The number of amides is 1. The molecule has 23 heavy (non-hydrogen) atoms. The summed E-state index contributed by atoms with van der Waals surface area (Å²) in [6, 6.07) is 0. The first-order valence-electron chi connectivity index (χ1n) is 8.70. The van der Waals surface area contributed by atoms with E-state index < -0.39 is 0 Å². The molecule has 1 aliphatic rings. The second-order valence-electron chi connectivity index (χ2n) is 7.68. The average molecular weight is 329 g/mol. The van der Waals surface area contributed by atoms with Gasteiger partial charge in [0, 0.05) is 14.2 Å². The van der Waals surface area contributed by atoms with Crippen LogP contribution >= 0.6 is 0 Å². The standard InChI is InChI=1S/C18H35NO4/c1-14(10-8-12-17(2,3)21-6)11-9-13-18(4)15(23-18)16(20)19(5)22-7/h14-15H,8-13H2,1-7H3/t14?,15-,18-/m0/s1. The van der Waals surface area contributed by atoms with Crippen molar-refractivity contribution in [2.45, 2.75) is 83.5 Å². The molecule has 136 valence electrons. The second-order valence-corrected chi connectivity index (χ2v) is 7.68. The number of methoxy groups -OCH3 is 1. The van der Waals surface area contributed by atoms with Gasteiger partial charge in [-0.3, -0.25) is 9.63 Å². The molecule has 1 fully saturated rings. The van der Waals surface area contributed by atoms with Gasteiger partial charge in [0.25, 0.3) is 5.91 Å². The van der Waals surface area contributed by atoms with Crippen LogP contribution in [0, 0.1) is 5.92 Å². The fourth-order valence-electron chi connectivity index (χ4n) is 2.92. The molecule has 0 spiro atoms. The smallest absolute Gasteiger partial charge is 0.277 e. The summed E-state index contributed by atoms with van der Waals surface area (Å²) in [5.74, 6) is 0.602. The van der Waals surface area contributed by atoms with Crippen molar-refractivity contribution in [3.63, 3.8) is 0 Å². The monoisotopic (exact) mass is 329 g/mol. The zero-order chi connectivity index (χ0) is 17.7. The third kappa shape index (κ3) is 6.40. The molecule has 1 heterocycles. The number of rotatable bonds is 11. The van der Waals surface area contributed by atoms with Crippen molar-refractivity contribution in [1.29, 1.82) is 0 Å². The van der Waals surface area contributed by atoms with Crippen molar-refractivity contribution in [1.82, 2.24) is 5.06 Å². The van der Waals surface area contributed by atoms with Gasteiger partial charge in [-0.25, -0.2) is 5.06 Å². The molecule has 5 heteroatoms. The van der Waals surface area contributed by atoms with Crippen molar-refractivity contribution >= 4 is 5.91 Å². The Kier molecular flexibility index (Phi) is 7.49. The maximum Gasteiger partial charge on any atom is 0.277 e. The molecular weight excluding hydrogens is 294 g/mol. The molecule has 0 bridgehead atoms. The van der Waals surface area contributed by atoms with Crippen LogP contribution in [-0.2, 0) is 19.1 Å². The maximum atomic E-state index is 12.0. The van der Waals surface area contributed by atoms with E-state index in [1.54, 1.807) is 14.2 Å². The van der Waals surface area contributed by atoms with Gasteiger partial charge in [-0.2, -0.15) is 0 Å². The van der Waals surface area contributed by atoms with E-state index in [0.717, 1.165) is 19.3 Å². The van der Waals surface area contributed by atoms with Gasteiger partial charge in [0.2, 0.25) is 0 Å². The first-order chi connectivity index (χ1) is 10.6. The number of epoxide rings is 1. The van der Waals surface area contributed by atoms with E-state index in [1.165, 1.54) is 31.4 Å². The molecule has 0 radical (unpaired) electrons. The average Bonchev–Trinajstić information content (AvgIpc) is 3.17. The second kappa shape index (κ2) is 8.45. The summed E-state index contributed by atoms with van der Waals surface area (Å²) >= 11 is 0. The first kappa shape index (κ1) is 20.4. The van der Waals surface area contributed by atoms with Gasteiger partial charge in [0.05, 0.1) is 12.7 Å². The maximum absolute atomic E-state index is 12.0. The third-order valence-corrected chi connectivity index (χ3v) is 5.09. The van der Waals surface area contributed by atoms with Crippen molar-refractivity contribution in [2.24, 2.45) is 5.92 Å². The number of carbonyl (C=O) groups is 1. The van der Waals surface area contributed by atoms with Crippen LogP contribution < -0.4 is 0 Å². The Hall–Kier alpha value is -0.650. The molecule has 0 aliphatic carbocycles. The number of nitrogens with zero attached hydrogens (tertiary/aromatic N) is 1. The van der Waals surface area contributed by atoms with Crippen molar-refractivity contribution in [2.75, 3.05) is 21.3 Å². The minimum absolute atomic E-state index is 0.0178. The van der Waals surface area contributed by atoms with Gasteiger partial charge >= 0.3 is 0 Å². The Balaban J connectivity index is 2.18. The number of hydroxylamine groups is 2. The van der Waals surface area contributed by atoms with Crippen LogP contribution in [-0.4, -0.2) is 49.5 Å². The molecule has 5 nitrogen and oxygen atoms in total. The number of likely N-dealkylation sites (N-methyl/N-ethyl adjacent to an activating group) is 1. The van der Waals surface area contributed by atoms with Crippen LogP contribution in [0.4, 0.5) is 0 Å². The molecule has 0 N–H and O–H groups in total. The van der Waals surface area contributed by atoms with E-state index in [2.05, 4.69) is 20.8 Å². The highest BCUT2D eigenvalue weighted by Gasteiger charge is 2.57. The summed E-state index contributed by atoms with van der Waals surface area (Å²) in [4.78, 5) is 16.9. The Labute approximate surface area is 141 Å². The molecule has 0 aromatic carbocycles. The lowest BCUT2D eigenvalue weighted by atomic mass is 9.91. The predicted octanol–water partition coefficient (Wildman–Crippen LogP) is 3.57. The van der Waals surface area contributed by atoms with Crippen LogP contribution in [0.25, 0.3) is 0 Å². The van der Waals surface area contributed by atoms with E-state index in [4.69, 9.17) is 14.3 Å². The number of hydrogen-bond acceptors (Lipinski definition) is 4. The van der Waals surface area contributed by atoms with Gasteiger partial charge in [0.15, 0.2) is 6.10 Å². The van der Waals surface area contributed by atoms with Crippen molar-refractivity contribution in [3.8, 4) is 0 Å². The third-order valence-electron chi connectivity index (χ3n) is 5.09. The quantitative estimate of drug-likeness (QED) is 0.429. The van der Waals surface area contributed by atoms with Crippen LogP contribution in [0.1, 0.15) is 66.2 Å². The van der Waals surface area contributed by atoms with Gasteiger partial charge in [0.1, 0.15) is 5.60 Å². The van der Waals surface area contributed by atoms with Crippen LogP contribution in [0.3, 0.4) is 0 Å². The van der Waals surface area contributed by atoms with Crippen molar-refractivity contribution in [3.05, 3.63) is 0 Å². The molecule has 1 unspecified atom stereocenters. The minimum atomic E-state index is -0.342. The molecule has 0 aromatic heterocycles. The molecule has 0 saturated carbocycles.